The van der Waals surface area contributed by atoms with E-state index >= 15 is 0 Å². The first-order chi connectivity index (χ1) is 19.2. The van der Waals surface area contributed by atoms with Crippen LogP contribution in [-0.2, 0) is 9.68 Å². The van der Waals surface area contributed by atoms with E-state index in [-0.39, 0.29) is 146 Å². The van der Waals surface area contributed by atoms with Crippen LogP contribution < -0.4 is 143 Å². The number of aromatic nitrogens is 6. The van der Waals surface area contributed by atoms with Gasteiger partial charge in [0.25, 0.3) is 6.47 Å². The fourth-order valence-corrected chi connectivity index (χ4v) is 3.23. The summed E-state index contributed by atoms with van der Waals surface area (Å²) < 4.78 is 2.03. The van der Waals surface area contributed by atoms with Gasteiger partial charge in [0.1, 0.15) is 11.4 Å². The maximum Gasteiger partial charge on any atom is 1.00 e. The second-order valence-corrected chi connectivity index (χ2v) is 7.67. The molecule has 0 aliphatic heterocycles. The van der Waals surface area contributed by atoms with Gasteiger partial charge in [-0.2, -0.15) is 0 Å². The number of nitrogens with one attached hydrogen (secondary N) is 1. The molecule has 0 fully saturated rings. The number of carbonyl (C=O) groups excluding carboxylic acids is 1. The number of aryl methyl sites for hydroxylation is 1. The summed E-state index contributed by atoms with van der Waals surface area (Å²) in [6, 6.07) is 31.9. The molecule has 0 radical (unpaired) electrons. The van der Waals surface area contributed by atoms with Gasteiger partial charge in [0, 0.05) is 42.9 Å². The van der Waals surface area contributed by atoms with Crippen LogP contribution in [0.25, 0.3) is 28.7 Å². The van der Waals surface area contributed by atoms with E-state index in [9.17, 15) is 0 Å². The largest absolute Gasteiger partial charge is 1.00 e. The Hall–Kier alpha value is -1.31. The standard InChI is InChI=1S/C14H11N3.C8H7N3.C7H8.CH2O3.2Cs.H/c1-2-6-12(7-3-1)17-11-10-16-14(17)13-8-4-5-9-15-13;1-2-4-9-7(3-1)8-10-5-6-11-8;1-7-5-3-2-4-6-7;2-1-4-3;;;/h1-11H;1-6H,(H,10,11);2-6H,1H3;1,3H;;;/q;;;;2*+1;-1/p-1. The molecule has 198 valence electrons. The van der Waals surface area contributed by atoms with Crippen molar-refractivity contribution >= 4 is 6.47 Å². The number of benzene rings is 2. The molecule has 0 saturated heterocycles. The quantitative estimate of drug-likeness (QED) is 0.138. The zero-order valence-electron chi connectivity index (χ0n) is 24.2. The maximum absolute atomic E-state index is 8.64. The minimum absolute atomic E-state index is 0. The number of imidazole rings is 2. The summed E-state index contributed by atoms with van der Waals surface area (Å²) in [5.41, 5.74) is 4.16. The van der Waals surface area contributed by atoms with E-state index in [0.717, 1.165) is 28.7 Å². The Morgan fingerprint density at radius 1 is 0.732 bits per heavy atom. The van der Waals surface area contributed by atoms with Crippen molar-refractivity contribution in [3.05, 3.63) is 140 Å². The molecule has 0 spiro atoms. The van der Waals surface area contributed by atoms with Crippen molar-refractivity contribution in [3.63, 3.8) is 0 Å². The predicted molar refractivity (Wildman–Crippen MR) is 148 cm³/mol. The molecule has 4 heterocycles. The maximum atomic E-state index is 8.64. The fourth-order valence-electron chi connectivity index (χ4n) is 3.23. The van der Waals surface area contributed by atoms with E-state index in [0.29, 0.717) is 0 Å². The Morgan fingerprint density at radius 3 is 1.76 bits per heavy atom. The zero-order valence-corrected chi connectivity index (χ0v) is 35.8. The Balaban J connectivity index is 0.000000585. The van der Waals surface area contributed by atoms with Gasteiger partial charge in [-0.15, -0.1) is 0 Å². The molecule has 0 unspecified atom stereocenters. The number of para-hydroxylation sites is 1. The first kappa shape index (κ1) is 37.7. The van der Waals surface area contributed by atoms with Gasteiger partial charge >= 0.3 is 138 Å². The summed E-state index contributed by atoms with van der Waals surface area (Å²) in [6.45, 7) is 1.90. The summed E-state index contributed by atoms with van der Waals surface area (Å²) in [4.78, 5) is 31.1. The Morgan fingerprint density at radius 2 is 1.29 bits per heavy atom. The fraction of sp³-hybridized carbons (Fsp3) is 0.0333. The number of carbonyl (C=O) groups is 1. The minimum Gasteiger partial charge on any atom is -1.00 e. The van der Waals surface area contributed by atoms with Gasteiger partial charge in [-0.1, -0.05) is 66.2 Å². The van der Waals surface area contributed by atoms with E-state index < -0.39 is 0 Å². The molecule has 0 saturated carbocycles. The molecule has 0 aliphatic carbocycles. The van der Waals surface area contributed by atoms with Crippen LogP contribution in [0.15, 0.2) is 134 Å². The average molecular weight is 786 g/mol. The van der Waals surface area contributed by atoms with Crippen LogP contribution >= 0.6 is 0 Å². The summed E-state index contributed by atoms with van der Waals surface area (Å²) in [6.07, 6.45) is 10.8. The van der Waals surface area contributed by atoms with E-state index in [1.165, 1.54) is 5.56 Å². The number of hydrogen-bond donors (Lipinski definition) is 1. The number of hydrogen-bond acceptors (Lipinski definition) is 7. The van der Waals surface area contributed by atoms with Gasteiger partial charge in [0.2, 0.25) is 0 Å². The minimum atomic E-state index is -0.181. The second kappa shape index (κ2) is 23.2. The van der Waals surface area contributed by atoms with Crippen LogP contribution in [0.4, 0.5) is 0 Å². The first-order valence-electron chi connectivity index (χ1n) is 11.9. The third-order valence-electron chi connectivity index (χ3n) is 4.95. The molecule has 6 aromatic rings. The van der Waals surface area contributed by atoms with Crippen LogP contribution in [0.2, 0.25) is 0 Å². The SMILES string of the molecule is Cc1ccccc1.O=CO[O-].[Cs+].[Cs+].[H-].c1ccc(-c2ncc[nH]2)nc1.c1ccc(-n2ccnc2-c2ccccn2)cc1. The van der Waals surface area contributed by atoms with Crippen molar-refractivity contribution in [2.45, 2.75) is 6.92 Å². The molecule has 41 heavy (non-hydrogen) atoms. The van der Waals surface area contributed by atoms with Crippen LogP contribution in [0, 0.1) is 6.92 Å². The van der Waals surface area contributed by atoms with Crippen LogP contribution in [-0.4, -0.2) is 36.0 Å². The molecule has 0 aliphatic rings. The van der Waals surface area contributed by atoms with Crippen LogP contribution in [0.3, 0.4) is 0 Å². The van der Waals surface area contributed by atoms with E-state index in [1.807, 2.05) is 95.7 Å². The Bertz CT molecular complexity index is 1410. The molecular formula is C30H28Cs2N6O3. The normalized spacial score (nSPS) is 8.93. The van der Waals surface area contributed by atoms with Gasteiger partial charge in [-0.25, -0.2) is 9.97 Å². The van der Waals surface area contributed by atoms with E-state index in [1.54, 1.807) is 31.0 Å². The third kappa shape index (κ3) is 14.1. The van der Waals surface area contributed by atoms with Crippen molar-refractivity contribution in [2.24, 2.45) is 0 Å². The number of nitrogens with zero attached hydrogens (tertiary/aromatic N) is 5. The Kier molecular flexibility index (Phi) is 21.3. The average Bonchev–Trinajstić information content (AvgIpc) is 3.73. The number of aromatic amines is 1. The molecule has 0 bridgehead atoms. The van der Waals surface area contributed by atoms with E-state index in [4.69, 9.17) is 10.1 Å². The molecule has 11 heteroatoms. The zero-order chi connectivity index (χ0) is 27.5. The van der Waals surface area contributed by atoms with Gasteiger partial charge in [0.05, 0.1) is 0 Å². The summed E-state index contributed by atoms with van der Waals surface area (Å²) in [5.74, 6) is 1.67. The van der Waals surface area contributed by atoms with E-state index in [2.05, 4.69) is 48.9 Å². The first-order valence-corrected chi connectivity index (χ1v) is 11.9. The number of pyridine rings is 2. The third-order valence-corrected chi connectivity index (χ3v) is 4.95. The number of H-pyrrole nitrogens is 1. The number of rotatable bonds is 4. The molecule has 2 aromatic carbocycles. The van der Waals surface area contributed by atoms with Crippen molar-refractivity contribution in [2.75, 3.05) is 0 Å². The molecule has 0 amide bonds. The molecule has 9 nitrogen and oxygen atoms in total. The van der Waals surface area contributed by atoms with Crippen molar-refractivity contribution in [1.82, 2.24) is 29.5 Å². The molecule has 0 atom stereocenters. The predicted octanol–water partition coefficient (Wildman–Crippen LogP) is -1.04. The van der Waals surface area contributed by atoms with Crippen molar-refractivity contribution in [3.8, 4) is 28.7 Å². The van der Waals surface area contributed by atoms with Gasteiger partial charge in [-0.05, 0) is 43.3 Å². The van der Waals surface area contributed by atoms with Gasteiger partial charge < -0.3 is 16.6 Å². The summed E-state index contributed by atoms with van der Waals surface area (Å²) >= 11 is 0. The molecular weight excluding hydrogens is 758 g/mol. The second-order valence-electron chi connectivity index (χ2n) is 7.67. The summed E-state index contributed by atoms with van der Waals surface area (Å²) in [5, 5.41) is 8.43. The molecule has 6 rings (SSSR count). The van der Waals surface area contributed by atoms with Crippen LogP contribution in [0.1, 0.15) is 6.99 Å². The topological polar surface area (TPSA) is 122 Å². The van der Waals surface area contributed by atoms with Crippen molar-refractivity contribution < 1.29 is 154 Å². The molecule has 4 aromatic heterocycles. The van der Waals surface area contributed by atoms with Gasteiger partial charge in [0.15, 0.2) is 11.6 Å². The van der Waals surface area contributed by atoms with Crippen LogP contribution in [0.5, 0.6) is 0 Å². The Labute approximate surface area is 358 Å². The summed E-state index contributed by atoms with van der Waals surface area (Å²) in [7, 11) is 0. The monoisotopic (exact) mass is 786 g/mol. The smallest absolute Gasteiger partial charge is 1.00 e. The van der Waals surface area contributed by atoms with Crippen molar-refractivity contribution in [1.29, 1.82) is 0 Å². The van der Waals surface area contributed by atoms with Gasteiger partial charge in [-0.3, -0.25) is 19.3 Å². The molecule has 1 N–H and O–H groups in total.